The predicted molar refractivity (Wildman–Crippen MR) is 119 cm³/mol. The Morgan fingerprint density at radius 1 is 1.21 bits per heavy atom. The molecule has 3 aromatic rings. The molecule has 1 N–H and O–H groups in total. The van der Waals surface area contributed by atoms with Crippen LogP contribution < -0.4 is 5.32 Å². The maximum Gasteiger partial charge on any atom is 0.252 e. The number of carbonyl (C=O) groups is 1. The summed E-state index contributed by atoms with van der Waals surface area (Å²) in [6.07, 6.45) is 3.40. The lowest BCUT2D eigenvalue weighted by Gasteiger charge is -2.42. The number of hydrogen-bond donors (Lipinski definition) is 1. The maximum absolute atomic E-state index is 13.0. The summed E-state index contributed by atoms with van der Waals surface area (Å²) >= 11 is 5.16. The Hall–Kier alpha value is -2.05. The van der Waals surface area contributed by atoms with Crippen molar-refractivity contribution in [2.75, 3.05) is 6.54 Å². The molecule has 2 aromatic carbocycles. The third-order valence-corrected chi connectivity index (χ3v) is 7.10. The van der Waals surface area contributed by atoms with Gasteiger partial charge in [-0.25, -0.2) is 0 Å². The number of halogens is 1. The number of nitrogens with one attached hydrogen (secondary N) is 1. The van der Waals surface area contributed by atoms with Gasteiger partial charge in [0.2, 0.25) is 0 Å². The molecule has 1 aliphatic carbocycles. The molecule has 0 bridgehead atoms. The lowest BCUT2D eigenvalue weighted by Crippen LogP contribution is -2.45. The summed E-state index contributed by atoms with van der Waals surface area (Å²) in [7, 11) is 0. The van der Waals surface area contributed by atoms with Gasteiger partial charge in [-0.15, -0.1) is 11.8 Å². The topological polar surface area (TPSA) is 55.1 Å². The Morgan fingerprint density at radius 2 is 2.03 bits per heavy atom. The van der Waals surface area contributed by atoms with Crippen molar-refractivity contribution >= 4 is 33.6 Å². The highest BCUT2D eigenvalue weighted by Gasteiger charge is 2.39. The first-order valence-electron chi connectivity index (χ1n) is 9.74. The Morgan fingerprint density at radius 3 is 2.72 bits per heavy atom. The van der Waals surface area contributed by atoms with E-state index in [1.165, 1.54) is 12.0 Å². The Bertz CT molecular complexity index is 1010. The fourth-order valence-corrected chi connectivity index (χ4v) is 5.07. The molecule has 0 saturated heterocycles. The molecule has 150 valence electrons. The van der Waals surface area contributed by atoms with Crippen LogP contribution in [0.25, 0.3) is 0 Å². The van der Waals surface area contributed by atoms with E-state index in [0.29, 0.717) is 17.9 Å². The second-order valence-corrected chi connectivity index (χ2v) is 9.48. The van der Waals surface area contributed by atoms with Gasteiger partial charge in [-0.3, -0.25) is 4.79 Å². The SMILES string of the molecule is Cc1cc(CSc2ccccc2C(=O)NCC2(c3cccc(Br)c3)CCC2)on1. The molecule has 0 unspecified atom stereocenters. The molecule has 4 nitrogen and oxygen atoms in total. The highest BCUT2D eigenvalue weighted by Crippen LogP contribution is 2.44. The summed E-state index contributed by atoms with van der Waals surface area (Å²) in [6, 6.07) is 18.1. The Balaban J connectivity index is 1.44. The van der Waals surface area contributed by atoms with Crippen molar-refractivity contribution in [1.82, 2.24) is 10.5 Å². The standard InChI is InChI=1S/C23H23BrN2O2S/c1-16-12-19(28-26-16)14-29-21-9-3-2-8-20(21)22(27)25-15-23(10-5-11-23)17-6-4-7-18(24)13-17/h2-4,6-9,12-13H,5,10-11,14-15H2,1H3,(H,25,27). The van der Waals surface area contributed by atoms with Crippen LogP contribution in [-0.4, -0.2) is 17.6 Å². The minimum atomic E-state index is -0.0249. The largest absolute Gasteiger partial charge is 0.360 e. The predicted octanol–water partition coefficient (Wildman–Crippen LogP) is 5.89. The molecule has 1 aromatic heterocycles. The van der Waals surface area contributed by atoms with Gasteiger partial charge < -0.3 is 9.84 Å². The van der Waals surface area contributed by atoms with Crippen LogP contribution in [0.4, 0.5) is 0 Å². The first-order chi connectivity index (χ1) is 14.1. The number of thioether (sulfide) groups is 1. The number of carbonyl (C=O) groups excluding carboxylic acids is 1. The lowest BCUT2D eigenvalue weighted by atomic mass is 9.64. The molecule has 6 heteroatoms. The van der Waals surface area contributed by atoms with E-state index in [2.05, 4.69) is 44.6 Å². The third-order valence-electron chi connectivity index (χ3n) is 5.51. The second-order valence-electron chi connectivity index (χ2n) is 7.55. The summed E-state index contributed by atoms with van der Waals surface area (Å²) < 4.78 is 6.36. The first-order valence-corrected chi connectivity index (χ1v) is 11.5. The molecular weight excluding hydrogens is 448 g/mol. The number of benzene rings is 2. The van der Waals surface area contributed by atoms with Crippen LogP contribution in [0.2, 0.25) is 0 Å². The van der Waals surface area contributed by atoms with Crippen molar-refractivity contribution in [2.45, 2.75) is 42.2 Å². The minimum absolute atomic E-state index is 0.0249. The summed E-state index contributed by atoms with van der Waals surface area (Å²) in [4.78, 5) is 13.9. The molecular formula is C23H23BrN2O2S. The van der Waals surface area contributed by atoms with Gasteiger partial charge in [0.05, 0.1) is 17.0 Å². The van der Waals surface area contributed by atoms with Crippen molar-refractivity contribution in [3.8, 4) is 0 Å². The van der Waals surface area contributed by atoms with Crippen molar-refractivity contribution in [3.63, 3.8) is 0 Å². The summed E-state index contributed by atoms with van der Waals surface area (Å²) in [5.74, 6) is 1.43. The monoisotopic (exact) mass is 470 g/mol. The molecule has 0 aliphatic heterocycles. The molecule has 0 spiro atoms. The van der Waals surface area contributed by atoms with E-state index in [0.717, 1.165) is 33.7 Å². The van der Waals surface area contributed by atoms with Crippen LogP contribution >= 0.6 is 27.7 Å². The second kappa shape index (κ2) is 8.76. The van der Waals surface area contributed by atoms with Gasteiger partial charge in [-0.2, -0.15) is 0 Å². The van der Waals surface area contributed by atoms with E-state index < -0.39 is 0 Å². The molecule has 0 atom stereocenters. The highest BCUT2D eigenvalue weighted by molar-refractivity contribution is 9.10. The van der Waals surface area contributed by atoms with Gasteiger partial charge in [0.1, 0.15) is 5.76 Å². The van der Waals surface area contributed by atoms with Crippen LogP contribution in [0.5, 0.6) is 0 Å². The smallest absolute Gasteiger partial charge is 0.252 e. The third kappa shape index (κ3) is 4.59. The average Bonchev–Trinajstić information content (AvgIpc) is 3.11. The number of rotatable bonds is 7. The Kier molecular flexibility index (Phi) is 6.11. The average molecular weight is 471 g/mol. The van der Waals surface area contributed by atoms with E-state index in [1.54, 1.807) is 11.8 Å². The zero-order valence-corrected chi connectivity index (χ0v) is 18.7. The van der Waals surface area contributed by atoms with Crippen molar-refractivity contribution in [3.05, 3.63) is 81.7 Å². The number of aromatic nitrogens is 1. The van der Waals surface area contributed by atoms with Crippen LogP contribution in [0, 0.1) is 6.92 Å². The van der Waals surface area contributed by atoms with E-state index in [9.17, 15) is 4.79 Å². The molecule has 1 aliphatic rings. The molecule has 1 heterocycles. The van der Waals surface area contributed by atoms with Crippen LogP contribution in [0.15, 0.2) is 68.5 Å². The fraction of sp³-hybridized carbons (Fsp3) is 0.304. The van der Waals surface area contributed by atoms with Crippen molar-refractivity contribution in [1.29, 1.82) is 0 Å². The first kappa shape index (κ1) is 20.2. The van der Waals surface area contributed by atoms with Crippen molar-refractivity contribution < 1.29 is 9.32 Å². The maximum atomic E-state index is 13.0. The highest BCUT2D eigenvalue weighted by atomic mass is 79.9. The summed E-state index contributed by atoms with van der Waals surface area (Å²) in [5.41, 5.74) is 2.91. The quantitative estimate of drug-likeness (QED) is 0.437. The van der Waals surface area contributed by atoms with Crippen molar-refractivity contribution in [2.24, 2.45) is 0 Å². The van der Waals surface area contributed by atoms with Crippen LogP contribution in [0.3, 0.4) is 0 Å². The number of amides is 1. The molecule has 1 saturated carbocycles. The van der Waals surface area contributed by atoms with Crippen LogP contribution in [0.1, 0.15) is 46.6 Å². The molecule has 4 rings (SSSR count). The normalized spacial score (nSPS) is 15.0. The van der Waals surface area contributed by atoms with Gasteiger partial charge in [0, 0.05) is 27.4 Å². The number of hydrogen-bond acceptors (Lipinski definition) is 4. The van der Waals surface area contributed by atoms with Crippen LogP contribution in [-0.2, 0) is 11.2 Å². The van der Waals surface area contributed by atoms with E-state index in [1.807, 2.05) is 43.3 Å². The van der Waals surface area contributed by atoms with E-state index in [4.69, 9.17) is 4.52 Å². The summed E-state index contributed by atoms with van der Waals surface area (Å²) in [5, 5.41) is 7.12. The molecule has 1 fully saturated rings. The van der Waals surface area contributed by atoms with E-state index >= 15 is 0 Å². The zero-order valence-electron chi connectivity index (χ0n) is 16.3. The van der Waals surface area contributed by atoms with Gasteiger partial charge in [-0.1, -0.05) is 51.8 Å². The molecule has 1 amide bonds. The van der Waals surface area contributed by atoms with Gasteiger partial charge in [0.15, 0.2) is 0 Å². The summed E-state index contributed by atoms with van der Waals surface area (Å²) in [6.45, 7) is 2.56. The molecule has 0 radical (unpaired) electrons. The van der Waals surface area contributed by atoms with E-state index in [-0.39, 0.29) is 11.3 Å². The van der Waals surface area contributed by atoms with Gasteiger partial charge >= 0.3 is 0 Å². The Labute approximate surface area is 183 Å². The van der Waals surface area contributed by atoms with Gasteiger partial charge in [-0.05, 0) is 49.6 Å². The number of aryl methyl sites for hydroxylation is 1. The number of nitrogens with zero attached hydrogens (tertiary/aromatic N) is 1. The van der Waals surface area contributed by atoms with Gasteiger partial charge in [0.25, 0.3) is 5.91 Å². The zero-order chi connectivity index (χ0) is 20.3. The fourth-order valence-electron chi connectivity index (χ4n) is 3.75. The lowest BCUT2D eigenvalue weighted by molar-refractivity contribution is 0.0925. The minimum Gasteiger partial charge on any atom is -0.360 e. The molecule has 29 heavy (non-hydrogen) atoms.